The van der Waals surface area contributed by atoms with Gasteiger partial charge in [0.2, 0.25) is 0 Å². The molecular weight excluding hydrogens is 394 g/mol. The van der Waals surface area contributed by atoms with Gasteiger partial charge in [0.1, 0.15) is 5.01 Å². The van der Waals surface area contributed by atoms with E-state index in [0.717, 1.165) is 33.0 Å². The molecule has 0 fully saturated rings. The topological polar surface area (TPSA) is 72.7 Å². The molecule has 6 nitrogen and oxygen atoms in total. The summed E-state index contributed by atoms with van der Waals surface area (Å²) in [5.74, 6) is -0.158. The minimum absolute atomic E-state index is 0.158. The quantitative estimate of drug-likeness (QED) is 0.543. The van der Waals surface area contributed by atoms with Gasteiger partial charge in [0.05, 0.1) is 28.9 Å². The van der Waals surface area contributed by atoms with E-state index < -0.39 is 0 Å². The molecule has 1 amide bonds. The summed E-state index contributed by atoms with van der Waals surface area (Å²) in [4.78, 5) is 22.0. The number of nitrogens with one attached hydrogen (secondary N) is 1. The van der Waals surface area contributed by atoms with Crippen LogP contribution < -0.4 is 5.32 Å². The number of halogens is 1. The van der Waals surface area contributed by atoms with Crippen molar-refractivity contribution < 1.29 is 4.79 Å². The first kappa shape index (κ1) is 18.6. The molecule has 4 rings (SSSR count). The Labute approximate surface area is 171 Å². The van der Waals surface area contributed by atoms with E-state index in [1.54, 1.807) is 10.7 Å². The Morgan fingerprint density at radius 1 is 1.21 bits per heavy atom. The second-order valence-corrected chi connectivity index (χ2v) is 7.91. The summed E-state index contributed by atoms with van der Waals surface area (Å²) in [6.07, 6.45) is 0. The van der Waals surface area contributed by atoms with Crippen LogP contribution in [0.3, 0.4) is 0 Å². The summed E-state index contributed by atoms with van der Waals surface area (Å²) >= 11 is 7.45. The van der Waals surface area contributed by atoms with Gasteiger partial charge in [0.15, 0.2) is 5.65 Å². The van der Waals surface area contributed by atoms with Crippen LogP contribution in [0.4, 0.5) is 0 Å². The van der Waals surface area contributed by atoms with Gasteiger partial charge in [-0.3, -0.25) is 9.48 Å². The molecule has 0 spiro atoms. The number of carbonyl (C=O) groups excluding carboxylic acids is 1. The molecule has 3 aromatic heterocycles. The second kappa shape index (κ2) is 7.33. The van der Waals surface area contributed by atoms with Crippen LogP contribution in [0.15, 0.2) is 35.7 Å². The monoisotopic (exact) mass is 411 g/mol. The van der Waals surface area contributed by atoms with Crippen LogP contribution in [0.5, 0.6) is 0 Å². The van der Waals surface area contributed by atoms with Crippen LogP contribution in [0.2, 0.25) is 5.02 Å². The number of aromatic nitrogens is 4. The number of hydrogen-bond acceptors (Lipinski definition) is 5. The maximum absolute atomic E-state index is 12.8. The van der Waals surface area contributed by atoms with Crippen molar-refractivity contribution in [1.82, 2.24) is 25.1 Å². The number of benzene rings is 1. The van der Waals surface area contributed by atoms with Crippen molar-refractivity contribution in [2.45, 2.75) is 20.4 Å². The number of hydrogen-bond donors (Lipinski definition) is 1. The molecule has 8 heteroatoms. The normalized spacial score (nSPS) is 11.1. The third-order valence-electron chi connectivity index (χ3n) is 4.43. The molecule has 142 valence electrons. The van der Waals surface area contributed by atoms with Crippen molar-refractivity contribution in [3.05, 3.63) is 62.7 Å². The van der Waals surface area contributed by atoms with Gasteiger partial charge in [-0.1, -0.05) is 23.7 Å². The number of amides is 1. The van der Waals surface area contributed by atoms with Gasteiger partial charge in [-0.25, -0.2) is 9.97 Å². The first-order valence-electron chi connectivity index (χ1n) is 8.72. The van der Waals surface area contributed by atoms with Crippen LogP contribution in [0.1, 0.15) is 26.8 Å². The largest absolute Gasteiger partial charge is 0.346 e. The van der Waals surface area contributed by atoms with E-state index in [0.29, 0.717) is 22.8 Å². The van der Waals surface area contributed by atoms with Crippen molar-refractivity contribution in [1.29, 1.82) is 0 Å². The molecule has 0 radical (unpaired) electrons. The Bertz CT molecular complexity index is 1180. The summed E-state index contributed by atoms with van der Waals surface area (Å²) in [7, 11) is 1.83. The molecule has 0 saturated carbocycles. The average molecular weight is 412 g/mol. The summed E-state index contributed by atoms with van der Waals surface area (Å²) in [5.41, 5.74) is 4.73. The first-order chi connectivity index (χ1) is 13.4. The molecule has 1 aromatic carbocycles. The van der Waals surface area contributed by atoms with E-state index in [-0.39, 0.29) is 5.91 Å². The van der Waals surface area contributed by atoms with Gasteiger partial charge in [-0.15, -0.1) is 11.3 Å². The van der Waals surface area contributed by atoms with Crippen molar-refractivity contribution in [3.8, 4) is 11.3 Å². The summed E-state index contributed by atoms with van der Waals surface area (Å²) in [6, 6.07) is 9.34. The van der Waals surface area contributed by atoms with Gasteiger partial charge >= 0.3 is 0 Å². The Kier molecular flexibility index (Phi) is 4.87. The van der Waals surface area contributed by atoms with Crippen molar-refractivity contribution in [2.24, 2.45) is 7.05 Å². The number of pyridine rings is 1. The Morgan fingerprint density at radius 2 is 1.96 bits per heavy atom. The summed E-state index contributed by atoms with van der Waals surface area (Å²) < 4.78 is 1.70. The number of thiazole rings is 1. The minimum atomic E-state index is -0.158. The lowest BCUT2D eigenvalue weighted by atomic mass is 10.1. The fourth-order valence-corrected chi connectivity index (χ4v) is 4.01. The van der Waals surface area contributed by atoms with Crippen LogP contribution in [0, 0.1) is 13.8 Å². The van der Waals surface area contributed by atoms with Gasteiger partial charge in [-0.05, 0) is 32.0 Å². The molecular formula is C20H18ClN5OS. The number of nitrogens with zero attached hydrogens (tertiary/aromatic N) is 4. The third kappa shape index (κ3) is 3.50. The lowest BCUT2D eigenvalue weighted by Crippen LogP contribution is -2.23. The van der Waals surface area contributed by atoms with E-state index >= 15 is 0 Å². The standard InChI is InChI=1S/C20H18ClN5OS/c1-11-8-15(18-12(2)25-26(3)19(18)23-11)20(27)22-9-17-24-16(10-28-17)13-4-6-14(21)7-5-13/h4-8,10H,9H2,1-3H3,(H,22,27). The number of aryl methyl sites for hydroxylation is 3. The van der Waals surface area contributed by atoms with E-state index in [2.05, 4.69) is 20.4 Å². The fourth-order valence-electron chi connectivity index (χ4n) is 3.15. The van der Waals surface area contributed by atoms with Gasteiger partial charge in [0.25, 0.3) is 5.91 Å². The molecule has 1 N–H and O–H groups in total. The number of carbonyl (C=O) groups is 1. The molecule has 0 atom stereocenters. The lowest BCUT2D eigenvalue weighted by Gasteiger charge is -2.06. The zero-order valence-corrected chi connectivity index (χ0v) is 17.2. The van der Waals surface area contributed by atoms with E-state index in [1.807, 2.05) is 50.5 Å². The van der Waals surface area contributed by atoms with Gasteiger partial charge in [-0.2, -0.15) is 5.10 Å². The summed E-state index contributed by atoms with van der Waals surface area (Å²) in [5, 5.41) is 11.6. The second-order valence-electron chi connectivity index (χ2n) is 6.53. The molecule has 0 aliphatic carbocycles. The molecule has 0 aliphatic heterocycles. The van der Waals surface area contributed by atoms with Gasteiger partial charge < -0.3 is 5.32 Å². The predicted molar refractivity (Wildman–Crippen MR) is 112 cm³/mol. The van der Waals surface area contributed by atoms with Crippen molar-refractivity contribution >= 4 is 39.9 Å². The maximum atomic E-state index is 12.8. The van der Waals surface area contributed by atoms with Crippen LogP contribution in [-0.4, -0.2) is 25.7 Å². The molecule has 0 unspecified atom stereocenters. The highest BCUT2D eigenvalue weighted by molar-refractivity contribution is 7.09. The number of rotatable bonds is 4. The molecule has 0 aliphatic rings. The Morgan fingerprint density at radius 3 is 2.71 bits per heavy atom. The molecule has 3 heterocycles. The molecule has 28 heavy (non-hydrogen) atoms. The molecule has 0 saturated heterocycles. The van der Waals surface area contributed by atoms with Crippen LogP contribution in [-0.2, 0) is 13.6 Å². The smallest absolute Gasteiger partial charge is 0.252 e. The first-order valence-corrected chi connectivity index (χ1v) is 9.97. The molecule has 4 aromatic rings. The lowest BCUT2D eigenvalue weighted by molar-refractivity contribution is 0.0952. The number of fused-ring (bicyclic) bond motifs is 1. The van der Waals surface area contributed by atoms with E-state index in [4.69, 9.17) is 11.6 Å². The predicted octanol–water partition coefficient (Wildman–Crippen LogP) is 4.29. The highest BCUT2D eigenvalue weighted by atomic mass is 35.5. The molecule has 0 bridgehead atoms. The van der Waals surface area contributed by atoms with Crippen LogP contribution in [0.25, 0.3) is 22.3 Å². The summed E-state index contributed by atoms with van der Waals surface area (Å²) in [6.45, 7) is 4.12. The highest BCUT2D eigenvalue weighted by Gasteiger charge is 2.18. The maximum Gasteiger partial charge on any atom is 0.252 e. The van der Waals surface area contributed by atoms with Crippen molar-refractivity contribution in [3.63, 3.8) is 0 Å². The Balaban J connectivity index is 1.54. The highest BCUT2D eigenvalue weighted by Crippen LogP contribution is 2.24. The SMILES string of the molecule is Cc1cc(C(=O)NCc2nc(-c3ccc(Cl)cc3)cs2)c2c(C)nn(C)c2n1. The fraction of sp³-hybridized carbons (Fsp3) is 0.200. The average Bonchev–Trinajstić information content (AvgIpc) is 3.25. The van der Waals surface area contributed by atoms with Crippen molar-refractivity contribution in [2.75, 3.05) is 0 Å². The minimum Gasteiger partial charge on any atom is -0.346 e. The van der Waals surface area contributed by atoms with E-state index in [1.165, 1.54) is 11.3 Å². The Hall–Kier alpha value is -2.77. The van der Waals surface area contributed by atoms with Gasteiger partial charge in [0, 0.05) is 28.7 Å². The van der Waals surface area contributed by atoms with E-state index in [9.17, 15) is 4.79 Å². The van der Waals surface area contributed by atoms with Crippen LogP contribution >= 0.6 is 22.9 Å². The zero-order chi connectivity index (χ0) is 19.8. The third-order valence-corrected chi connectivity index (χ3v) is 5.53. The zero-order valence-electron chi connectivity index (χ0n) is 15.7.